The van der Waals surface area contributed by atoms with E-state index in [1.807, 2.05) is 12.1 Å². The van der Waals surface area contributed by atoms with Crippen molar-refractivity contribution in [2.24, 2.45) is 0 Å². The van der Waals surface area contributed by atoms with E-state index in [2.05, 4.69) is 5.32 Å². The molecule has 1 N–H and O–H groups in total. The van der Waals surface area contributed by atoms with Crippen molar-refractivity contribution in [2.75, 3.05) is 10.2 Å². The molecule has 2 aromatic rings. The van der Waals surface area contributed by atoms with Gasteiger partial charge in [0.25, 0.3) is 0 Å². The minimum Gasteiger partial charge on any atom is -0.307 e. The molecule has 0 saturated heterocycles. The van der Waals surface area contributed by atoms with Gasteiger partial charge in [-0.05, 0) is 24.3 Å². The monoisotopic (exact) mass is 239 g/mol. The molecular formula is C14H11N2O2. The van der Waals surface area contributed by atoms with Gasteiger partial charge in [-0.1, -0.05) is 36.4 Å². The van der Waals surface area contributed by atoms with Gasteiger partial charge in [-0.25, -0.2) is 9.69 Å². The number of para-hydroxylation sites is 2. The quantitative estimate of drug-likeness (QED) is 0.837. The predicted molar refractivity (Wildman–Crippen MR) is 70.1 cm³/mol. The zero-order chi connectivity index (χ0) is 12.8. The third kappa shape index (κ3) is 2.74. The summed E-state index contributed by atoms with van der Waals surface area (Å²) in [5.41, 5.74) is 1.10. The van der Waals surface area contributed by atoms with E-state index in [0.717, 1.165) is 4.90 Å². The van der Waals surface area contributed by atoms with Crippen LogP contribution in [0.15, 0.2) is 60.7 Å². The number of nitrogens with zero attached hydrogens (tertiary/aromatic N) is 1. The number of nitrogens with one attached hydrogen (secondary N) is 1. The summed E-state index contributed by atoms with van der Waals surface area (Å²) in [5, 5.41) is 2.62. The van der Waals surface area contributed by atoms with Crippen molar-refractivity contribution in [1.82, 2.24) is 0 Å². The number of hydrogen-bond acceptors (Lipinski definition) is 2. The van der Waals surface area contributed by atoms with Crippen LogP contribution in [0.4, 0.5) is 16.2 Å². The highest BCUT2D eigenvalue weighted by Crippen LogP contribution is 2.13. The molecule has 18 heavy (non-hydrogen) atoms. The second kappa shape index (κ2) is 5.63. The Labute approximate surface area is 105 Å². The van der Waals surface area contributed by atoms with Crippen LogP contribution in [0.5, 0.6) is 0 Å². The Morgan fingerprint density at radius 1 is 0.944 bits per heavy atom. The van der Waals surface area contributed by atoms with E-state index in [1.54, 1.807) is 54.9 Å². The first-order valence-corrected chi connectivity index (χ1v) is 5.40. The number of carbonyl (C=O) groups is 1. The molecule has 0 fully saturated rings. The summed E-state index contributed by atoms with van der Waals surface area (Å²) in [6.07, 6.45) is 1.61. The summed E-state index contributed by atoms with van der Waals surface area (Å²) >= 11 is 0. The highest BCUT2D eigenvalue weighted by atomic mass is 16.2. The van der Waals surface area contributed by atoms with Gasteiger partial charge in [-0.2, -0.15) is 0 Å². The number of anilines is 2. The number of urea groups is 1. The van der Waals surface area contributed by atoms with Gasteiger partial charge in [0.1, 0.15) is 0 Å². The van der Waals surface area contributed by atoms with Gasteiger partial charge in [0.05, 0.1) is 5.69 Å². The Hall–Kier alpha value is -2.62. The van der Waals surface area contributed by atoms with Crippen molar-refractivity contribution < 1.29 is 9.59 Å². The Balaban J connectivity index is 2.14. The second-order valence-corrected chi connectivity index (χ2v) is 3.56. The Morgan fingerprint density at radius 3 is 2.06 bits per heavy atom. The first-order valence-electron chi connectivity index (χ1n) is 5.40. The van der Waals surface area contributed by atoms with Crippen molar-refractivity contribution in [3.63, 3.8) is 0 Å². The van der Waals surface area contributed by atoms with E-state index < -0.39 is 6.03 Å². The van der Waals surface area contributed by atoms with Crippen LogP contribution in [0.3, 0.4) is 0 Å². The number of benzene rings is 2. The summed E-state index contributed by atoms with van der Waals surface area (Å²) < 4.78 is 0. The van der Waals surface area contributed by atoms with Gasteiger partial charge in [0, 0.05) is 5.69 Å². The van der Waals surface area contributed by atoms with Crippen molar-refractivity contribution in [2.45, 2.75) is 0 Å². The smallest absolute Gasteiger partial charge is 0.307 e. The maximum atomic E-state index is 11.9. The minimum atomic E-state index is -0.539. The summed E-state index contributed by atoms with van der Waals surface area (Å²) in [5.74, 6) is 0. The standard InChI is InChI=1S/C14H11N2O2/c17-11-16(13-9-5-2-6-10-13)14(18)15-12-7-3-1-4-8-12/h1-10H,(H,15,18). The van der Waals surface area contributed by atoms with E-state index in [4.69, 9.17) is 0 Å². The summed E-state index contributed by atoms with van der Waals surface area (Å²) in [6.45, 7) is 0. The fourth-order valence-corrected chi connectivity index (χ4v) is 1.49. The number of imide groups is 1. The second-order valence-electron chi connectivity index (χ2n) is 3.56. The molecule has 4 heteroatoms. The summed E-state index contributed by atoms with van der Waals surface area (Å²) in [7, 11) is 0. The highest BCUT2D eigenvalue weighted by molar-refractivity contribution is 6.12. The van der Waals surface area contributed by atoms with Crippen LogP contribution in [0.1, 0.15) is 0 Å². The molecule has 0 bridgehead atoms. The number of hydrogen-bond donors (Lipinski definition) is 1. The molecular weight excluding hydrogens is 228 g/mol. The lowest BCUT2D eigenvalue weighted by atomic mass is 10.3. The van der Waals surface area contributed by atoms with Crippen LogP contribution in [-0.2, 0) is 4.79 Å². The third-order valence-electron chi connectivity index (χ3n) is 2.33. The molecule has 2 aromatic carbocycles. The molecule has 0 heterocycles. The fourth-order valence-electron chi connectivity index (χ4n) is 1.49. The average Bonchev–Trinajstić information content (AvgIpc) is 2.42. The lowest BCUT2D eigenvalue weighted by Crippen LogP contribution is -2.33. The lowest BCUT2D eigenvalue weighted by Gasteiger charge is -2.15. The molecule has 0 saturated carbocycles. The fraction of sp³-hybridized carbons (Fsp3) is 0. The van der Waals surface area contributed by atoms with Crippen LogP contribution in [0, 0.1) is 0 Å². The number of rotatable bonds is 3. The van der Waals surface area contributed by atoms with Crippen molar-refractivity contribution in [3.05, 3.63) is 60.7 Å². The van der Waals surface area contributed by atoms with E-state index >= 15 is 0 Å². The molecule has 0 atom stereocenters. The van der Waals surface area contributed by atoms with Gasteiger partial charge in [-0.15, -0.1) is 0 Å². The zero-order valence-corrected chi connectivity index (χ0v) is 9.54. The van der Waals surface area contributed by atoms with Crippen LogP contribution in [0.25, 0.3) is 0 Å². The van der Waals surface area contributed by atoms with Crippen molar-refractivity contribution >= 4 is 23.8 Å². The zero-order valence-electron chi connectivity index (χ0n) is 9.54. The number of amides is 3. The minimum absolute atomic E-state index is 0.473. The molecule has 4 nitrogen and oxygen atoms in total. The molecule has 0 aliphatic rings. The molecule has 0 aromatic heterocycles. The van der Waals surface area contributed by atoms with E-state index in [9.17, 15) is 9.59 Å². The molecule has 1 radical (unpaired) electrons. The normalized spacial score (nSPS) is 9.56. The largest absolute Gasteiger partial charge is 0.333 e. The maximum Gasteiger partial charge on any atom is 0.333 e. The first kappa shape index (κ1) is 11.9. The van der Waals surface area contributed by atoms with Crippen LogP contribution in [-0.4, -0.2) is 12.4 Å². The Bertz CT molecular complexity index is 526. The summed E-state index contributed by atoms with van der Waals surface area (Å²) in [4.78, 5) is 23.7. The first-order chi connectivity index (χ1) is 8.81. The SMILES string of the molecule is O=[C]N(C(=O)Nc1ccccc1)c1ccccc1. The van der Waals surface area contributed by atoms with E-state index in [1.165, 1.54) is 0 Å². The van der Waals surface area contributed by atoms with Crippen molar-refractivity contribution in [3.8, 4) is 0 Å². The molecule has 0 aliphatic carbocycles. The Morgan fingerprint density at radius 2 is 1.50 bits per heavy atom. The molecule has 2 rings (SSSR count). The summed E-state index contributed by atoms with van der Waals surface area (Å²) in [6, 6.07) is 17.0. The average molecular weight is 239 g/mol. The van der Waals surface area contributed by atoms with Gasteiger partial charge < -0.3 is 5.32 Å². The van der Waals surface area contributed by atoms with Crippen molar-refractivity contribution in [1.29, 1.82) is 0 Å². The highest BCUT2D eigenvalue weighted by Gasteiger charge is 2.15. The van der Waals surface area contributed by atoms with Crippen LogP contribution < -0.4 is 10.2 Å². The molecule has 0 aliphatic heterocycles. The third-order valence-corrected chi connectivity index (χ3v) is 2.33. The molecule has 89 valence electrons. The van der Waals surface area contributed by atoms with Gasteiger partial charge in [0.15, 0.2) is 0 Å². The molecule has 3 amide bonds. The van der Waals surface area contributed by atoms with E-state index in [0.29, 0.717) is 11.4 Å². The number of carbonyl (C=O) groups excluding carboxylic acids is 2. The topological polar surface area (TPSA) is 49.4 Å². The van der Waals surface area contributed by atoms with Gasteiger partial charge in [0.2, 0.25) is 0 Å². The molecule has 0 unspecified atom stereocenters. The maximum absolute atomic E-state index is 11.9. The van der Waals surface area contributed by atoms with Crippen LogP contribution >= 0.6 is 0 Å². The van der Waals surface area contributed by atoms with Crippen LogP contribution in [0.2, 0.25) is 0 Å². The predicted octanol–water partition coefficient (Wildman–Crippen LogP) is 2.79. The van der Waals surface area contributed by atoms with E-state index in [-0.39, 0.29) is 0 Å². The lowest BCUT2D eigenvalue weighted by molar-refractivity contribution is 0.259. The Kier molecular flexibility index (Phi) is 3.71. The van der Waals surface area contributed by atoms with Gasteiger partial charge in [-0.3, -0.25) is 4.79 Å². The molecule has 0 spiro atoms. The van der Waals surface area contributed by atoms with Gasteiger partial charge >= 0.3 is 12.4 Å².